The first-order valence-electron chi connectivity index (χ1n) is 8.54. The number of carbonyl (C=O) groups excluding carboxylic acids is 1. The Balaban J connectivity index is 1.90. The summed E-state index contributed by atoms with van der Waals surface area (Å²) in [6.45, 7) is -0.0262. The smallest absolute Gasteiger partial charge is 0.257 e. The van der Waals surface area contributed by atoms with Crippen LogP contribution in [0.15, 0.2) is 53.5 Å². The van der Waals surface area contributed by atoms with Gasteiger partial charge in [0.15, 0.2) is 0 Å². The van der Waals surface area contributed by atoms with E-state index < -0.39 is 5.91 Å². The van der Waals surface area contributed by atoms with Crippen LogP contribution < -0.4 is 10.7 Å². The number of rotatable bonds is 3. The number of nitriles is 1. The minimum absolute atomic E-state index is 0.0379. The van der Waals surface area contributed by atoms with Crippen LogP contribution in [0.5, 0.6) is 0 Å². The van der Waals surface area contributed by atoms with Crippen LogP contribution >= 0.6 is 0 Å². The lowest BCUT2D eigenvalue weighted by molar-refractivity contribution is 0.0949. The number of carbonyl (C=O) groups is 1. The number of nitrogens with one attached hydrogen (secondary N) is 1. The molecule has 0 saturated heterocycles. The zero-order valence-corrected chi connectivity index (χ0v) is 15.2. The minimum Gasteiger partial charge on any atom is -0.384 e. The van der Waals surface area contributed by atoms with Gasteiger partial charge in [-0.3, -0.25) is 9.59 Å². The van der Waals surface area contributed by atoms with E-state index in [0.717, 1.165) is 5.56 Å². The van der Waals surface area contributed by atoms with E-state index in [1.165, 1.54) is 6.20 Å². The van der Waals surface area contributed by atoms with Gasteiger partial charge >= 0.3 is 0 Å². The molecule has 3 rings (SSSR count). The van der Waals surface area contributed by atoms with Gasteiger partial charge in [0.1, 0.15) is 12.2 Å². The van der Waals surface area contributed by atoms with Crippen molar-refractivity contribution in [3.05, 3.63) is 81.1 Å². The monoisotopic (exact) mass is 371 g/mol. The standard InChI is InChI=1S/C22H17N3O3/c1-25-14-19(22(28)24-13-17-6-4-16(12-23)5-7-17)21(27)18-11-15(3-2-10-26)8-9-20(18)25/h4-9,11,14,26H,10,13H2,1H3,(H,24,28). The van der Waals surface area contributed by atoms with Gasteiger partial charge in [0.2, 0.25) is 5.43 Å². The Labute approximate surface area is 161 Å². The number of fused-ring (bicyclic) bond motifs is 1. The highest BCUT2D eigenvalue weighted by molar-refractivity contribution is 5.97. The Kier molecular flexibility index (Phi) is 5.55. The van der Waals surface area contributed by atoms with Gasteiger partial charge in [-0.15, -0.1) is 0 Å². The molecule has 1 heterocycles. The van der Waals surface area contributed by atoms with Crippen molar-refractivity contribution in [2.45, 2.75) is 6.54 Å². The predicted octanol–water partition coefficient (Wildman–Crippen LogP) is 1.68. The Morgan fingerprint density at radius 3 is 2.57 bits per heavy atom. The number of aryl methyl sites for hydroxylation is 1. The molecule has 138 valence electrons. The Hall–Kier alpha value is -3.87. The number of aliphatic hydroxyl groups is 1. The molecule has 6 heteroatoms. The summed E-state index contributed by atoms with van der Waals surface area (Å²) in [5.74, 6) is 4.84. The second-order valence-electron chi connectivity index (χ2n) is 6.17. The number of hydrogen-bond acceptors (Lipinski definition) is 4. The fraction of sp³-hybridized carbons (Fsp3) is 0.136. The molecule has 2 N–H and O–H groups in total. The fourth-order valence-electron chi connectivity index (χ4n) is 2.85. The zero-order chi connectivity index (χ0) is 20.1. The molecule has 28 heavy (non-hydrogen) atoms. The number of aromatic nitrogens is 1. The van der Waals surface area contributed by atoms with Gasteiger partial charge in [-0.05, 0) is 35.9 Å². The van der Waals surface area contributed by atoms with Gasteiger partial charge in [0.05, 0.1) is 17.1 Å². The molecule has 0 aliphatic rings. The number of aliphatic hydroxyl groups excluding tert-OH is 1. The minimum atomic E-state index is -0.473. The first-order valence-corrected chi connectivity index (χ1v) is 8.54. The highest BCUT2D eigenvalue weighted by atomic mass is 16.2. The Bertz CT molecular complexity index is 1210. The molecule has 3 aromatic rings. The third-order valence-electron chi connectivity index (χ3n) is 4.28. The molecule has 0 aliphatic carbocycles. The zero-order valence-electron chi connectivity index (χ0n) is 15.2. The number of hydrogen-bond donors (Lipinski definition) is 2. The average molecular weight is 371 g/mol. The number of pyridine rings is 1. The van der Waals surface area contributed by atoms with Crippen LogP contribution in [0.4, 0.5) is 0 Å². The van der Waals surface area contributed by atoms with E-state index in [-0.39, 0.29) is 24.1 Å². The average Bonchev–Trinajstić information content (AvgIpc) is 2.73. The SMILES string of the molecule is Cn1cc(C(=O)NCc2ccc(C#N)cc2)c(=O)c2cc(C#CCO)ccc21. The molecule has 1 amide bonds. The molecule has 0 unspecified atom stereocenters. The van der Waals surface area contributed by atoms with Crippen molar-refractivity contribution >= 4 is 16.8 Å². The van der Waals surface area contributed by atoms with Crippen molar-refractivity contribution in [2.24, 2.45) is 7.05 Å². The number of benzene rings is 2. The van der Waals surface area contributed by atoms with Gasteiger partial charge in [0, 0.05) is 30.7 Å². The summed E-state index contributed by atoms with van der Waals surface area (Å²) in [6.07, 6.45) is 1.51. The molecule has 0 fully saturated rings. The van der Waals surface area contributed by atoms with E-state index >= 15 is 0 Å². The van der Waals surface area contributed by atoms with Crippen LogP contribution in [0.25, 0.3) is 10.9 Å². The lowest BCUT2D eigenvalue weighted by atomic mass is 10.1. The maximum absolute atomic E-state index is 12.8. The number of nitrogens with zero attached hydrogens (tertiary/aromatic N) is 2. The highest BCUT2D eigenvalue weighted by Gasteiger charge is 2.14. The summed E-state index contributed by atoms with van der Waals surface area (Å²) in [5.41, 5.74) is 2.30. The molecule has 0 aliphatic heterocycles. The summed E-state index contributed by atoms with van der Waals surface area (Å²) in [7, 11) is 1.76. The van der Waals surface area contributed by atoms with Crippen molar-refractivity contribution in [1.29, 1.82) is 5.26 Å². The van der Waals surface area contributed by atoms with E-state index in [9.17, 15) is 9.59 Å². The predicted molar refractivity (Wildman–Crippen MR) is 105 cm³/mol. The van der Waals surface area contributed by atoms with Crippen LogP contribution in [-0.2, 0) is 13.6 Å². The molecular weight excluding hydrogens is 354 g/mol. The van der Waals surface area contributed by atoms with Gasteiger partial charge < -0.3 is 15.0 Å². The number of amides is 1. The normalized spacial score (nSPS) is 10.0. The molecule has 2 aromatic carbocycles. The van der Waals surface area contributed by atoms with E-state index in [4.69, 9.17) is 10.4 Å². The van der Waals surface area contributed by atoms with Gasteiger partial charge in [-0.1, -0.05) is 24.0 Å². The van der Waals surface area contributed by atoms with E-state index in [0.29, 0.717) is 22.0 Å². The Morgan fingerprint density at radius 2 is 1.89 bits per heavy atom. The third-order valence-corrected chi connectivity index (χ3v) is 4.28. The fourth-order valence-corrected chi connectivity index (χ4v) is 2.85. The lowest BCUT2D eigenvalue weighted by Gasteiger charge is -2.10. The van der Waals surface area contributed by atoms with Crippen LogP contribution in [0.1, 0.15) is 27.0 Å². The topological polar surface area (TPSA) is 95.1 Å². The van der Waals surface area contributed by atoms with Crippen LogP contribution in [0.3, 0.4) is 0 Å². The second-order valence-corrected chi connectivity index (χ2v) is 6.17. The van der Waals surface area contributed by atoms with Gasteiger partial charge in [-0.25, -0.2) is 0 Å². The Morgan fingerprint density at radius 1 is 1.18 bits per heavy atom. The summed E-state index contributed by atoms with van der Waals surface area (Å²) < 4.78 is 1.72. The molecule has 0 spiro atoms. The van der Waals surface area contributed by atoms with E-state index in [1.54, 1.807) is 54.1 Å². The first kappa shape index (κ1) is 18.9. The summed E-state index contributed by atoms with van der Waals surface area (Å²) in [5, 5.41) is 20.8. The first-order chi connectivity index (χ1) is 13.5. The lowest BCUT2D eigenvalue weighted by Crippen LogP contribution is -2.29. The largest absolute Gasteiger partial charge is 0.384 e. The van der Waals surface area contributed by atoms with Crippen LogP contribution in [0, 0.1) is 23.2 Å². The van der Waals surface area contributed by atoms with Crippen molar-refractivity contribution in [3.8, 4) is 17.9 Å². The van der Waals surface area contributed by atoms with Crippen LogP contribution in [-0.4, -0.2) is 22.2 Å². The van der Waals surface area contributed by atoms with Gasteiger partial charge in [-0.2, -0.15) is 5.26 Å². The molecule has 0 bridgehead atoms. The van der Waals surface area contributed by atoms with E-state index in [1.807, 2.05) is 6.07 Å². The van der Waals surface area contributed by atoms with Crippen molar-refractivity contribution in [2.75, 3.05) is 6.61 Å². The molecule has 0 radical (unpaired) electrons. The third kappa shape index (κ3) is 3.93. The molecule has 6 nitrogen and oxygen atoms in total. The van der Waals surface area contributed by atoms with Crippen LogP contribution in [0.2, 0.25) is 0 Å². The molecular formula is C22H17N3O3. The molecule has 0 atom stereocenters. The summed E-state index contributed by atoms with van der Waals surface area (Å²) >= 11 is 0. The summed E-state index contributed by atoms with van der Waals surface area (Å²) in [6, 6.07) is 14.0. The molecule has 0 saturated carbocycles. The van der Waals surface area contributed by atoms with E-state index in [2.05, 4.69) is 17.2 Å². The van der Waals surface area contributed by atoms with Crippen molar-refractivity contribution < 1.29 is 9.90 Å². The second kappa shape index (κ2) is 8.22. The maximum Gasteiger partial charge on any atom is 0.257 e. The van der Waals surface area contributed by atoms with Crippen molar-refractivity contribution in [1.82, 2.24) is 9.88 Å². The maximum atomic E-state index is 12.8. The highest BCUT2D eigenvalue weighted by Crippen LogP contribution is 2.13. The summed E-state index contributed by atoms with van der Waals surface area (Å²) in [4.78, 5) is 25.4. The van der Waals surface area contributed by atoms with Crippen molar-refractivity contribution in [3.63, 3.8) is 0 Å². The van der Waals surface area contributed by atoms with Gasteiger partial charge in [0.25, 0.3) is 5.91 Å². The quantitative estimate of drug-likeness (QED) is 0.685. The molecule has 1 aromatic heterocycles.